The molecule has 0 spiro atoms. The monoisotopic (exact) mass is 486 g/mol. The highest BCUT2D eigenvalue weighted by molar-refractivity contribution is 7.09. The maximum Gasteiger partial charge on any atom is 0.270 e. The van der Waals surface area contributed by atoms with Gasteiger partial charge in [0.25, 0.3) is 11.8 Å². The molecule has 5 N–H and O–H groups in total. The van der Waals surface area contributed by atoms with Crippen molar-refractivity contribution in [1.29, 1.82) is 0 Å². The number of amides is 3. The molecule has 3 amide bonds. The molecule has 0 saturated heterocycles. The number of halogens is 1. The van der Waals surface area contributed by atoms with Crippen molar-refractivity contribution in [1.82, 2.24) is 19.6 Å². The van der Waals surface area contributed by atoms with Crippen molar-refractivity contribution in [2.45, 2.75) is 12.6 Å². The van der Waals surface area contributed by atoms with Crippen LogP contribution in [-0.4, -0.2) is 52.2 Å². The van der Waals surface area contributed by atoms with E-state index in [0.717, 1.165) is 0 Å². The molecule has 0 aliphatic rings. The number of rotatable bonds is 10. The lowest BCUT2D eigenvalue weighted by atomic mass is 10.0. The number of nitrogen functional groups attached to an aromatic ring is 1. The van der Waals surface area contributed by atoms with Crippen LogP contribution in [0.4, 0.5) is 10.1 Å². The first-order valence-corrected chi connectivity index (χ1v) is 10.9. The zero-order valence-electron chi connectivity index (χ0n) is 18.2. The van der Waals surface area contributed by atoms with Gasteiger partial charge in [0, 0.05) is 32.6 Å². The Morgan fingerprint density at radius 2 is 1.97 bits per heavy atom. The molecule has 0 bridgehead atoms. The minimum Gasteiger partial charge on any atom is -0.395 e. The first-order valence-electron chi connectivity index (χ1n) is 10.1. The molecule has 2 aromatic heterocycles. The zero-order chi connectivity index (χ0) is 24.7. The summed E-state index contributed by atoms with van der Waals surface area (Å²) in [6, 6.07) is 7.50. The van der Waals surface area contributed by atoms with Gasteiger partial charge in [-0.25, -0.2) is 4.39 Å². The standard InChI is InChI=1S/C22H23FN6O4S/c1-33-10-9-27-21(31)18(14-4-6-15(23)7-5-14)29(12-13-3-2-8-26-11-13)22(32)19-16(24)17(20(25)30)28-34-19/h2-8,11,18H,9-10,12,24H2,1H3,(H2,25,30)(H,27,31)/t18-/m0/s1. The van der Waals surface area contributed by atoms with Gasteiger partial charge in [-0.15, -0.1) is 0 Å². The lowest BCUT2D eigenvalue weighted by Crippen LogP contribution is -2.44. The molecule has 0 fully saturated rings. The van der Waals surface area contributed by atoms with Gasteiger partial charge in [0.05, 0.1) is 12.3 Å². The number of nitrogens with one attached hydrogen (secondary N) is 1. The van der Waals surface area contributed by atoms with Crippen molar-refractivity contribution >= 4 is 34.9 Å². The number of hydrogen-bond donors (Lipinski definition) is 3. The molecule has 1 aromatic carbocycles. The minimum atomic E-state index is -1.16. The SMILES string of the molecule is COCCNC(=O)[C@H](c1ccc(F)cc1)N(Cc1cccnc1)C(=O)c1snc(C(N)=O)c1N. The van der Waals surface area contributed by atoms with Gasteiger partial charge in [-0.05, 0) is 40.9 Å². The Bertz CT molecular complexity index is 1160. The molecular formula is C22H23FN6O4S. The van der Waals surface area contributed by atoms with E-state index < -0.39 is 29.6 Å². The molecule has 0 saturated carbocycles. The molecule has 178 valence electrons. The molecule has 0 unspecified atom stereocenters. The van der Waals surface area contributed by atoms with Gasteiger partial charge in [-0.2, -0.15) is 4.37 Å². The fourth-order valence-corrected chi connectivity index (χ4v) is 3.98. The number of carbonyl (C=O) groups excluding carboxylic acids is 3. The lowest BCUT2D eigenvalue weighted by Gasteiger charge is -2.31. The van der Waals surface area contributed by atoms with E-state index in [0.29, 0.717) is 22.7 Å². The van der Waals surface area contributed by atoms with Crippen LogP contribution in [0, 0.1) is 5.82 Å². The van der Waals surface area contributed by atoms with Crippen molar-refractivity contribution in [2.75, 3.05) is 26.0 Å². The summed E-state index contributed by atoms with van der Waals surface area (Å²) in [6.45, 7) is 0.411. The predicted octanol–water partition coefficient (Wildman–Crippen LogP) is 1.50. The number of methoxy groups -OCH3 is 1. The molecule has 3 rings (SSSR count). The van der Waals surface area contributed by atoms with Crippen LogP contribution in [0.2, 0.25) is 0 Å². The number of ether oxygens (including phenoxy) is 1. The second-order valence-corrected chi connectivity index (χ2v) is 7.94. The van der Waals surface area contributed by atoms with Crippen LogP contribution >= 0.6 is 11.5 Å². The van der Waals surface area contributed by atoms with Crippen LogP contribution in [0.1, 0.15) is 37.3 Å². The molecular weight excluding hydrogens is 463 g/mol. The molecule has 34 heavy (non-hydrogen) atoms. The Morgan fingerprint density at radius 1 is 1.24 bits per heavy atom. The zero-order valence-corrected chi connectivity index (χ0v) is 19.0. The quantitative estimate of drug-likeness (QED) is 0.367. The van der Waals surface area contributed by atoms with E-state index in [1.807, 2.05) is 0 Å². The second kappa shape index (κ2) is 11.3. The van der Waals surface area contributed by atoms with Crippen LogP contribution < -0.4 is 16.8 Å². The van der Waals surface area contributed by atoms with E-state index in [2.05, 4.69) is 14.7 Å². The molecule has 2 heterocycles. The molecule has 0 aliphatic heterocycles. The number of carbonyl (C=O) groups is 3. The highest BCUT2D eigenvalue weighted by atomic mass is 32.1. The van der Waals surface area contributed by atoms with Crippen molar-refractivity contribution < 1.29 is 23.5 Å². The van der Waals surface area contributed by atoms with E-state index >= 15 is 0 Å². The number of hydrogen-bond acceptors (Lipinski definition) is 8. The summed E-state index contributed by atoms with van der Waals surface area (Å²) in [6.07, 6.45) is 3.13. The third-order valence-corrected chi connectivity index (χ3v) is 5.69. The van der Waals surface area contributed by atoms with Crippen LogP contribution in [0.3, 0.4) is 0 Å². The van der Waals surface area contributed by atoms with Gasteiger partial charge >= 0.3 is 0 Å². The van der Waals surface area contributed by atoms with Crippen molar-refractivity contribution in [2.24, 2.45) is 5.73 Å². The fourth-order valence-electron chi connectivity index (χ4n) is 3.22. The number of benzene rings is 1. The van der Waals surface area contributed by atoms with Crippen LogP contribution in [0.5, 0.6) is 0 Å². The van der Waals surface area contributed by atoms with Gasteiger partial charge in [-0.3, -0.25) is 19.4 Å². The minimum absolute atomic E-state index is 0.0321. The Hall–Kier alpha value is -3.90. The van der Waals surface area contributed by atoms with E-state index in [9.17, 15) is 18.8 Å². The van der Waals surface area contributed by atoms with Gasteiger partial charge < -0.3 is 26.4 Å². The highest BCUT2D eigenvalue weighted by Gasteiger charge is 2.35. The Morgan fingerprint density at radius 3 is 2.56 bits per heavy atom. The van der Waals surface area contributed by atoms with E-state index in [1.54, 1.807) is 24.5 Å². The summed E-state index contributed by atoms with van der Waals surface area (Å²) in [4.78, 5) is 43.9. The average Bonchev–Trinajstić information content (AvgIpc) is 3.22. The van der Waals surface area contributed by atoms with Gasteiger partial charge in [0.15, 0.2) is 5.69 Å². The van der Waals surface area contributed by atoms with Crippen molar-refractivity contribution in [3.63, 3.8) is 0 Å². The normalized spacial score (nSPS) is 11.6. The summed E-state index contributed by atoms with van der Waals surface area (Å²) in [5.74, 6) is -2.54. The summed E-state index contributed by atoms with van der Waals surface area (Å²) in [7, 11) is 1.49. The molecule has 0 radical (unpaired) electrons. The first kappa shape index (κ1) is 24.7. The molecule has 12 heteroatoms. The van der Waals surface area contributed by atoms with Crippen LogP contribution in [0.15, 0.2) is 48.8 Å². The van der Waals surface area contributed by atoms with Gasteiger partial charge in [0.1, 0.15) is 16.7 Å². The van der Waals surface area contributed by atoms with Crippen molar-refractivity contribution in [3.05, 3.63) is 76.3 Å². The van der Waals surface area contributed by atoms with E-state index in [1.165, 1.54) is 36.3 Å². The predicted molar refractivity (Wildman–Crippen MR) is 123 cm³/mol. The topological polar surface area (TPSA) is 154 Å². The Labute approximate surface area is 198 Å². The van der Waals surface area contributed by atoms with E-state index in [-0.39, 0.29) is 36.0 Å². The van der Waals surface area contributed by atoms with E-state index in [4.69, 9.17) is 16.2 Å². The maximum absolute atomic E-state index is 13.7. The molecule has 3 aromatic rings. The summed E-state index contributed by atoms with van der Waals surface area (Å²) in [5, 5.41) is 2.72. The molecule has 0 aliphatic carbocycles. The number of aromatic nitrogens is 2. The van der Waals surface area contributed by atoms with Crippen LogP contribution in [0.25, 0.3) is 0 Å². The molecule has 1 atom stereocenters. The summed E-state index contributed by atoms with van der Waals surface area (Å²) in [5.41, 5.74) is 11.9. The maximum atomic E-state index is 13.7. The highest BCUT2D eigenvalue weighted by Crippen LogP contribution is 2.30. The van der Waals surface area contributed by atoms with Gasteiger partial charge in [0.2, 0.25) is 5.91 Å². The van der Waals surface area contributed by atoms with Crippen molar-refractivity contribution in [3.8, 4) is 0 Å². The second-order valence-electron chi connectivity index (χ2n) is 7.17. The molecule has 10 nitrogen and oxygen atoms in total. The number of anilines is 1. The summed E-state index contributed by atoms with van der Waals surface area (Å²) < 4.78 is 22.5. The fraction of sp³-hybridized carbons (Fsp3) is 0.227. The third kappa shape index (κ3) is 5.71. The smallest absolute Gasteiger partial charge is 0.270 e. The lowest BCUT2D eigenvalue weighted by molar-refractivity contribution is -0.126. The number of nitrogens with zero attached hydrogens (tertiary/aromatic N) is 3. The Kier molecular flexibility index (Phi) is 8.22. The van der Waals surface area contributed by atoms with Gasteiger partial charge in [-0.1, -0.05) is 18.2 Å². The largest absolute Gasteiger partial charge is 0.395 e. The third-order valence-electron chi connectivity index (χ3n) is 4.84. The Balaban J connectivity index is 2.09. The van der Waals surface area contributed by atoms with Crippen LogP contribution in [-0.2, 0) is 16.1 Å². The number of primary amides is 1. The summed E-state index contributed by atoms with van der Waals surface area (Å²) >= 11 is 0.705. The average molecular weight is 487 g/mol. The first-order chi connectivity index (χ1) is 16.3. The number of nitrogens with two attached hydrogens (primary N) is 2. The number of pyridine rings is 1.